The van der Waals surface area contributed by atoms with Crippen LogP contribution in [-0.4, -0.2) is 12.6 Å². The second-order valence-corrected chi connectivity index (χ2v) is 4.97. The normalized spacial score (nSPS) is 24.8. The van der Waals surface area contributed by atoms with Crippen LogP contribution in [0.1, 0.15) is 50.5 Å². The van der Waals surface area contributed by atoms with Gasteiger partial charge in [0.1, 0.15) is 5.82 Å². The molecule has 1 aromatic rings. The number of halogens is 1. The first-order valence-corrected chi connectivity index (χ1v) is 6.80. The topological polar surface area (TPSA) is 12.0 Å². The first-order chi connectivity index (χ1) is 8.33. The Morgan fingerprint density at radius 1 is 1.24 bits per heavy atom. The molecule has 0 aliphatic heterocycles. The first-order valence-electron chi connectivity index (χ1n) is 6.80. The molecule has 1 aliphatic carbocycles. The molecule has 94 valence electrons. The maximum absolute atomic E-state index is 13.8. The highest BCUT2D eigenvalue weighted by Gasteiger charge is 2.27. The predicted molar refractivity (Wildman–Crippen MR) is 69.7 cm³/mol. The van der Waals surface area contributed by atoms with Gasteiger partial charge in [-0.2, -0.15) is 0 Å². The first kappa shape index (κ1) is 12.6. The molecule has 0 saturated heterocycles. The zero-order valence-corrected chi connectivity index (χ0v) is 10.6. The quantitative estimate of drug-likeness (QED) is 0.835. The lowest BCUT2D eigenvalue weighted by atomic mass is 9.79. The molecule has 2 heteroatoms. The van der Waals surface area contributed by atoms with E-state index in [1.54, 1.807) is 12.1 Å². The van der Waals surface area contributed by atoms with Gasteiger partial charge in [-0.05, 0) is 37.4 Å². The lowest BCUT2D eigenvalue weighted by Crippen LogP contribution is -2.37. The fourth-order valence-electron chi connectivity index (χ4n) is 2.85. The number of rotatable bonds is 4. The predicted octanol–water partition coefficient (Wildman–Crippen LogP) is 3.85. The van der Waals surface area contributed by atoms with Crippen molar-refractivity contribution in [1.29, 1.82) is 0 Å². The van der Waals surface area contributed by atoms with Gasteiger partial charge in [0.2, 0.25) is 0 Å². The zero-order valence-electron chi connectivity index (χ0n) is 10.6. The molecule has 17 heavy (non-hydrogen) atoms. The Labute approximate surface area is 103 Å². The molecule has 2 unspecified atom stereocenters. The van der Waals surface area contributed by atoms with Crippen molar-refractivity contribution in [1.82, 2.24) is 5.32 Å². The van der Waals surface area contributed by atoms with Gasteiger partial charge in [-0.25, -0.2) is 4.39 Å². The molecule has 1 aliphatic rings. The van der Waals surface area contributed by atoms with Crippen LogP contribution in [0.5, 0.6) is 0 Å². The molecule has 1 saturated carbocycles. The Balaban J connectivity index is 2.13. The van der Waals surface area contributed by atoms with Crippen molar-refractivity contribution in [3.8, 4) is 0 Å². The minimum absolute atomic E-state index is 0.0392. The summed E-state index contributed by atoms with van der Waals surface area (Å²) >= 11 is 0. The van der Waals surface area contributed by atoms with Crippen LogP contribution in [0.25, 0.3) is 0 Å². The van der Waals surface area contributed by atoms with Gasteiger partial charge < -0.3 is 5.32 Å². The summed E-state index contributed by atoms with van der Waals surface area (Å²) in [5, 5.41) is 3.58. The van der Waals surface area contributed by atoms with E-state index in [4.69, 9.17) is 0 Å². The number of benzene rings is 1. The van der Waals surface area contributed by atoms with Crippen molar-refractivity contribution < 1.29 is 4.39 Å². The third kappa shape index (κ3) is 3.06. The van der Waals surface area contributed by atoms with Crippen molar-refractivity contribution in [3.63, 3.8) is 0 Å². The Morgan fingerprint density at radius 3 is 2.76 bits per heavy atom. The van der Waals surface area contributed by atoms with Gasteiger partial charge in [0.25, 0.3) is 0 Å². The van der Waals surface area contributed by atoms with Crippen LogP contribution in [0.4, 0.5) is 4.39 Å². The van der Waals surface area contributed by atoms with Crippen LogP contribution in [0, 0.1) is 5.82 Å². The molecule has 0 radical (unpaired) electrons. The minimum atomic E-state index is -0.0392. The minimum Gasteiger partial charge on any atom is -0.313 e. The fraction of sp³-hybridized carbons (Fsp3) is 0.600. The van der Waals surface area contributed by atoms with E-state index < -0.39 is 0 Å². The van der Waals surface area contributed by atoms with E-state index in [0.29, 0.717) is 12.0 Å². The molecular formula is C15H22FN. The van der Waals surface area contributed by atoms with Crippen molar-refractivity contribution in [3.05, 3.63) is 35.6 Å². The Morgan fingerprint density at radius 2 is 2.00 bits per heavy atom. The van der Waals surface area contributed by atoms with E-state index in [1.165, 1.54) is 19.3 Å². The largest absolute Gasteiger partial charge is 0.313 e. The van der Waals surface area contributed by atoms with Crippen molar-refractivity contribution in [2.45, 2.75) is 51.0 Å². The van der Waals surface area contributed by atoms with Gasteiger partial charge >= 0.3 is 0 Å². The van der Waals surface area contributed by atoms with Crippen molar-refractivity contribution in [2.24, 2.45) is 0 Å². The third-order valence-electron chi connectivity index (χ3n) is 3.73. The second kappa shape index (κ2) is 6.15. The van der Waals surface area contributed by atoms with Crippen LogP contribution in [0.3, 0.4) is 0 Å². The summed E-state index contributed by atoms with van der Waals surface area (Å²) in [6.45, 7) is 3.21. The molecule has 0 heterocycles. The molecule has 1 aromatic carbocycles. The summed E-state index contributed by atoms with van der Waals surface area (Å²) in [6.07, 6.45) is 5.93. The average molecular weight is 235 g/mol. The van der Waals surface area contributed by atoms with E-state index in [2.05, 4.69) is 12.2 Å². The second-order valence-electron chi connectivity index (χ2n) is 4.97. The molecule has 1 nitrogen and oxygen atoms in total. The molecule has 2 atom stereocenters. The van der Waals surface area contributed by atoms with Gasteiger partial charge in [0.05, 0.1) is 0 Å². The molecule has 1 fully saturated rings. The van der Waals surface area contributed by atoms with Crippen LogP contribution in [0.15, 0.2) is 24.3 Å². The van der Waals surface area contributed by atoms with Crippen LogP contribution >= 0.6 is 0 Å². The highest BCUT2D eigenvalue weighted by Crippen LogP contribution is 2.34. The van der Waals surface area contributed by atoms with E-state index in [0.717, 1.165) is 24.9 Å². The molecule has 0 aromatic heterocycles. The maximum Gasteiger partial charge on any atom is 0.126 e. The molecule has 1 N–H and O–H groups in total. The van der Waals surface area contributed by atoms with Gasteiger partial charge in [-0.3, -0.25) is 0 Å². The monoisotopic (exact) mass is 235 g/mol. The number of nitrogens with one attached hydrogen (secondary N) is 1. The summed E-state index contributed by atoms with van der Waals surface area (Å²) in [7, 11) is 0. The van der Waals surface area contributed by atoms with Crippen LogP contribution in [-0.2, 0) is 0 Å². The summed E-state index contributed by atoms with van der Waals surface area (Å²) < 4.78 is 13.8. The Kier molecular flexibility index (Phi) is 4.55. The fourth-order valence-corrected chi connectivity index (χ4v) is 2.85. The Bertz CT molecular complexity index is 351. The van der Waals surface area contributed by atoms with Crippen molar-refractivity contribution in [2.75, 3.05) is 6.54 Å². The third-order valence-corrected chi connectivity index (χ3v) is 3.73. The lowest BCUT2D eigenvalue weighted by Gasteiger charge is -2.33. The van der Waals surface area contributed by atoms with Crippen molar-refractivity contribution >= 4 is 0 Å². The molecule has 0 spiro atoms. The molecule has 0 bridgehead atoms. The SMILES string of the molecule is CCCNC1CCCCC1c1ccccc1F. The summed E-state index contributed by atoms with van der Waals surface area (Å²) in [4.78, 5) is 0. The van der Waals surface area contributed by atoms with E-state index in [1.807, 2.05) is 12.1 Å². The molecule has 0 amide bonds. The highest BCUT2D eigenvalue weighted by atomic mass is 19.1. The summed E-state index contributed by atoms with van der Waals surface area (Å²) in [6, 6.07) is 7.72. The van der Waals surface area contributed by atoms with E-state index >= 15 is 0 Å². The van der Waals surface area contributed by atoms with Gasteiger partial charge in [-0.15, -0.1) is 0 Å². The Hall–Kier alpha value is -0.890. The number of hydrogen-bond acceptors (Lipinski definition) is 1. The highest BCUT2D eigenvalue weighted by molar-refractivity contribution is 5.24. The summed E-state index contributed by atoms with van der Waals surface area (Å²) in [5.41, 5.74) is 0.904. The van der Waals surface area contributed by atoms with Gasteiger partial charge in [0.15, 0.2) is 0 Å². The zero-order chi connectivity index (χ0) is 12.1. The molecular weight excluding hydrogens is 213 g/mol. The number of hydrogen-bond donors (Lipinski definition) is 1. The standard InChI is InChI=1S/C15H22FN/c1-2-11-17-15-10-6-4-8-13(15)12-7-3-5-9-14(12)16/h3,5,7,9,13,15,17H,2,4,6,8,10-11H2,1H3. The smallest absolute Gasteiger partial charge is 0.126 e. The van der Waals surface area contributed by atoms with E-state index in [-0.39, 0.29) is 5.82 Å². The van der Waals surface area contributed by atoms with Crippen LogP contribution in [0.2, 0.25) is 0 Å². The van der Waals surface area contributed by atoms with Gasteiger partial charge in [0, 0.05) is 12.0 Å². The lowest BCUT2D eigenvalue weighted by molar-refractivity contribution is 0.322. The summed E-state index contributed by atoms with van der Waals surface area (Å²) in [5.74, 6) is 0.319. The maximum atomic E-state index is 13.8. The van der Waals surface area contributed by atoms with Crippen LogP contribution < -0.4 is 5.32 Å². The molecule has 2 rings (SSSR count). The van der Waals surface area contributed by atoms with Gasteiger partial charge in [-0.1, -0.05) is 38.0 Å². The van der Waals surface area contributed by atoms with E-state index in [9.17, 15) is 4.39 Å². The average Bonchev–Trinajstić information content (AvgIpc) is 2.37.